The fraction of sp³-hybridized carbons (Fsp3) is 0.467. The predicted octanol–water partition coefficient (Wildman–Crippen LogP) is 4.64. The second kappa shape index (κ2) is 5.75. The quantitative estimate of drug-likeness (QED) is 0.624. The zero-order valence-electron chi connectivity index (χ0n) is 10.3. The average Bonchev–Trinajstić information content (AvgIpc) is 2.18. The molecule has 82 valence electrons. The van der Waals surface area contributed by atoms with Crippen LogP contribution in [0.1, 0.15) is 39.2 Å². The van der Waals surface area contributed by atoms with Crippen molar-refractivity contribution < 1.29 is 0 Å². The van der Waals surface area contributed by atoms with Crippen molar-refractivity contribution in [2.45, 2.75) is 33.6 Å². The first kappa shape index (κ1) is 12.0. The van der Waals surface area contributed by atoms with Gasteiger partial charge < -0.3 is 0 Å². The first-order valence-corrected chi connectivity index (χ1v) is 5.84. The Morgan fingerprint density at radius 2 is 1.47 bits per heavy atom. The van der Waals surface area contributed by atoms with Gasteiger partial charge in [-0.05, 0) is 17.4 Å². The van der Waals surface area contributed by atoms with Gasteiger partial charge in [-0.3, -0.25) is 0 Å². The van der Waals surface area contributed by atoms with Crippen molar-refractivity contribution in [1.29, 1.82) is 0 Å². The van der Waals surface area contributed by atoms with Crippen molar-refractivity contribution in [2.24, 2.45) is 11.8 Å². The van der Waals surface area contributed by atoms with Gasteiger partial charge in [0.15, 0.2) is 0 Å². The molecule has 0 amide bonds. The number of allylic oxidation sites excluding steroid dienone is 2. The van der Waals surface area contributed by atoms with Crippen LogP contribution in [-0.2, 0) is 0 Å². The van der Waals surface area contributed by atoms with Gasteiger partial charge in [0, 0.05) is 5.92 Å². The Kier molecular flexibility index (Phi) is 4.61. The summed E-state index contributed by atoms with van der Waals surface area (Å²) < 4.78 is 0. The molecule has 1 unspecified atom stereocenters. The van der Waals surface area contributed by atoms with Gasteiger partial charge in [0.05, 0.1) is 0 Å². The molecule has 0 N–H and O–H groups in total. The molecule has 0 aliphatic heterocycles. The second-order valence-corrected chi connectivity index (χ2v) is 4.81. The van der Waals surface area contributed by atoms with Crippen LogP contribution >= 0.6 is 0 Å². The second-order valence-electron chi connectivity index (χ2n) is 4.81. The molecule has 0 aliphatic rings. The molecule has 0 bridgehead atoms. The Morgan fingerprint density at radius 3 is 1.93 bits per heavy atom. The van der Waals surface area contributed by atoms with Gasteiger partial charge >= 0.3 is 0 Å². The van der Waals surface area contributed by atoms with Crippen molar-refractivity contribution in [3.8, 4) is 0 Å². The van der Waals surface area contributed by atoms with Crippen molar-refractivity contribution in [3.05, 3.63) is 48.0 Å². The maximum Gasteiger partial charge on any atom is 0.00410 e. The Balaban J connectivity index is 2.84. The summed E-state index contributed by atoms with van der Waals surface area (Å²) in [7, 11) is 0. The van der Waals surface area contributed by atoms with E-state index < -0.39 is 0 Å². The van der Waals surface area contributed by atoms with Gasteiger partial charge in [0.1, 0.15) is 0 Å². The summed E-state index contributed by atoms with van der Waals surface area (Å²) in [5, 5.41) is 0. The van der Waals surface area contributed by atoms with E-state index >= 15 is 0 Å². The van der Waals surface area contributed by atoms with E-state index in [1.165, 1.54) is 5.56 Å². The van der Waals surface area contributed by atoms with E-state index in [-0.39, 0.29) is 0 Å². The summed E-state index contributed by atoms with van der Waals surface area (Å²) >= 11 is 0. The van der Waals surface area contributed by atoms with E-state index in [0.29, 0.717) is 17.8 Å². The van der Waals surface area contributed by atoms with Crippen LogP contribution in [0, 0.1) is 11.8 Å². The molecule has 1 atom stereocenters. The zero-order chi connectivity index (χ0) is 11.3. The SMILES string of the molecule is CC(C)/C=C/C(c1ccccc1)C(C)C. The predicted molar refractivity (Wildman–Crippen MR) is 68.0 cm³/mol. The number of hydrogen-bond acceptors (Lipinski definition) is 0. The normalized spacial score (nSPS) is 14.0. The van der Waals surface area contributed by atoms with Crippen LogP contribution in [0.5, 0.6) is 0 Å². The lowest BCUT2D eigenvalue weighted by atomic mass is 9.87. The molecule has 0 saturated carbocycles. The number of hydrogen-bond donors (Lipinski definition) is 0. The molecule has 0 heteroatoms. The summed E-state index contributed by atoms with van der Waals surface area (Å²) in [6, 6.07) is 10.7. The third-order valence-corrected chi connectivity index (χ3v) is 2.61. The smallest absolute Gasteiger partial charge is 0.00410 e. The lowest BCUT2D eigenvalue weighted by molar-refractivity contribution is 0.574. The van der Waals surface area contributed by atoms with Crippen molar-refractivity contribution >= 4 is 0 Å². The molecule has 0 aromatic heterocycles. The largest absolute Gasteiger partial charge is 0.0853 e. The molecule has 1 aromatic rings. The third kappa shape index (κ3) is 3.91. The first-order valence-electron chi connectivity index (χ1n) is 5.84. The molecular formula is C15H22. The van der Waals surface area contributed by atoms with Gasteiger partial charge in [-0.15, -0.1) is 0 Å². The maximum atomic E-state index is 2.35. The van der Waals surface area contributed by atoms with Crippen LogP contribution in [-0.4, -0.2) is 0 Å². The van der Waals surface area contributed by atoms with Crippen molar-refractivity contribution in [3.63, 3.8) is 0 Å². The lowest BCUT2D eigenvalue weighted by Crippen LogP contribution is -2.03. The number of rotatable bonds is 4. The van der Waals surface area contributed by atoms with Crippen LogP contribution in [0.25, 0.3) is 0 Å². The maximum absolute atomic E-state index is 2.35. The minimum atomic E-state index is 0.550. The molecule has 0 spiro atoms. The standard InChI is InChI=1S/C15H22/c1-12(2)10-11-15(13(3)4)14-8-6-5-7-9-14/h5-13,15H,1-4H3/b11-10+. The highest BCUT2D eigenvalue weighted by Crippen LogP contribution is 2.25. The summed E-state index contributed by atoms with van der Waals surface area (Å²) in [5.41, 5.74) is 1.42. The van der Waals surface area contributed by atoms with Crippen LogP contribution in [0.15, 0.2) is 42.5 Å². The van der Waals surface area contributed by atoms with Crippen molar-refractivity contribution in [2.75, 3.05) is 0 Å². The van der Waals surface area contributed by atoms with Crippen LogP contribution in [0.4, 0.5) is 0 Å². The molecule has 0 fully saturated rings. The van der Waals surface area contributed by atoms with Crippen LogP contribution in [0.2, 0.25) is 0 Å². The average molecular weight is 202 g/mol. The van der Waals surface area contributed by atoms with Gasteiger partial charge in [-0.2, -0.15) is 0 Å². The molecular weight excluding hydrogens is 180 g/mol. The fourth-order valence-electron chi connectivity index (χ4n) is 1.74. The summed E-state index contributed by atoms with van der Waals surface area (Å²) in [6.07, 6.45) is 4.66. The Bertz CT molecular complexity index is 293. The molecule has 15 heavy (non-hydrogen) atoms. The highest BCUT2D eigenvalue weighted by Gasteiger charge is 2.11. The monoisotopic (exact) mass is 202 g/mol. The van der Waals surface area contributed by atoms with Crippen LogP contribution < -0.4 is 0 Å². The highest BCUT2D eigenvalue weighted by molar-refractivity contribution is 5.24. The summed E-state index contributed by atoms with van der Waals surface area (Å²) in [5.74, 6) is 1.84. The molecule has 0 radical (unpaired) electrons. The van der Waals surface area contributed by atoms with Gasteiger partial charge in [0.2, 0.25) is 0 Å². The molecule has 1 aromatic carbocycles. The topological polar surface area (TPSA) is 0 Å². The van der Waals surface area contributed by atoms with E-state index in [9.17, 15) is 0 Å². The van der Waals surface area contributed by atoms with Crippen molar-refractivity contribution in [1.82, 2.24) is 0 Å². The van der Waals surface area contributed by atoms with E-state index in [1.807, 2.05) is 0 Å². The minimum Gasteiger partial charge on any atom is -0.0853 e. The summed E-state index contributed by atoms with van der Waals surface area (Å²) in [6.45, 7) is 9.00. The molecule has 0 aliphatic carbocycles. The van der Waals surface area contributed by atoms with E-state index in [4.69, 9.17) is 0 Å². The van der Waals surface area contributed by atoms with Gasteiger partial charge in [-0.1, -0.05) is 70.2 Å². The Labute approximate surface area is 94.0 Å². The first-order chi connectivity index (χ1) is 7.11. The number of benzene rings is 1. The van der Waals surface area contributed by atoms with E-state index in [0.717, 1.165) is 0 Å². The fourth-order valence-corrected chi connectivity index (χ4v) is 1.74. The molecule has 1 rings (SSSR count). The van der Waals surface area contributed by atoms with Crippen LogP contribution in [0.3, 0.4) is 0 Å². The van der Waals surface area contributed by atoms with Gasteiger partial charge in [0.25, 0.3) is 0 Å². The molecule has 0 nitrogen and oxygen atoms in total. The Morgan fingerprint density at radius 1 is 0.867 bits per heavy atom. The highest BCUT2D eigenvalue weighted by atomic mass is 14.2. The zero-order valence-corrected chi connectivity index (χ0v) is 10.3. The van der Waals surface area contributed by atoms with E-state index in [2.05, 4.69) is 70.2 Å². The van der Waals surface area contributed by atoms with E-state index in [1.54, 1.807) is 0 Å². The molecule has 0 heterocycles. The lowest BCUT2D eigenvalue weighted by Gasteiger charge is -2.17. The summed E-state index contributed by atoms with van der Waals surface area (Å²) in [4.78, 5) is 0. The Hall–Kier alpha value is -1.04. The van der Waals surface area contributed by atoms with Gasteiger partial charge in [-0.25, -0.2) is 0 Å². The minimum absolute atomic E-state index is 0.550. The molecule has 0 saturated heterocycles. The third-order valence-electron chi connectivity index (χ3n) is 2.61.